The quantitative estimate of drug-likeness (QED) is 0.544. The van der Waals surface area contributed by atoms with Crippen molar-refractivity contribution in [3.63, 3.8) is 0 Å². The predicted molar refractivity (Wildman–Crippen MR) is 117 cm³/mol. The summed E-state index contributed by atoms with van der Waals surface area (Å²) in [5, 5.41) is 14.2. The van der Waals surface area contributed by atoms with E-state index in [0.717, 1.165) is 44.2 Å². The van der Waals surface area contributed by atoms with E-state index >= 15 is 0 Å². The van der Waals surface area contributed by atoms with Crippen LogP contribution in [0.15, 0.2) is 47.3 Å². The van der Waals surface area contributed by atoms with Crippen LogP contribution in [0.4, 0.5) is 32.0 Å². The number of pyridine rings is 1. The Balaban J connectivity index is 0.000000301. The van der Waals surface area contributed by atoms with E-state index in [1.807, 2.05) is 24.4 Å². The van der Waals surface area contributed by atoms with Crippen LogP contribution in [0, 0.1) is 0 Å². The van der Waals surface area contributed by atoms with Gasteiger partial charge in [-0.05, 0) is 24.3 Å². The van der Waals surface area contributed by atoms with Gasteiger partial charge in [-0.2, -0.15) is 26.3 Å². The third-order valence-electron chi connectivity index (χ3n) is 5.13. The molecule has 4 rings (SSSR count). The molecular formula is C22H25F6N3O7. The predicted octanol–water partition coefficient (Wildman–Crippen LogP) is 3.05. The van der Waals surface area contributed by atoms with Crippen LogP contribution in [0.1, 0.15) is 5.76 Å². The van der Waals surface area contributed by atoms with Crippen LogP contribution in [0.5, 0.6) is 0 Å². The van der Waals surface area contributed by atoms with Gasteiger partial charge in [0.2, 0.25) is 0 Å². The first kappa shape index (κ1) is 30.9. The standard InChI is InChI=1S/C18H23N3O3.2C2HF3O2/c1-3-16(11-19-5-1)21-7-9-22-15-18(14-21)13-20(6-10-24-18)12-17-4-2-8-23-17;2*3-2(4,5)1(6)7/h1-5,8,11H,6-7,9-10,12-15H2;2*(H,6,7). The Morgan fingerprint density at radius 1 is 0.974 bits per heavy atom. The van der Waals surface area contributed by atoms with Crippen LogP contribution in [0.3, 0.4) is 0 Å². The summed E-state index contributed by atoms with van der Waals surface area (Å²) in [6, 6.07) is 8.02. The molecule has 0 saturated carbocycles. The summed E-state index contributed by atoms with van der Waals surface area (Å²) in [6.07, 6.45) is -4.73. The van der Waals surface area contributed by atoms with Gasteiger partial charge in [-0.25, -0.2) is 9.59 Å². The lowest BCUT2D eigenvalue weighted by Crippen LogP contribution is -2.58. The third-order valence-corrected chi connectivity index (χ3v) is 5.13. The number of carboxylic acid groups (broad SMARTS) is 2. The molecule has 16 heteroatoms. The Labute approximate surface area is 212 Å². The molecule has 2 aliphatic heterocycles. The number of carboxylic acids is 2. The molecule has 0 aliphatic carbocycles. The Hall–Kier alpha value is -3.37. The second kappa shape index (κ2) is 13.4. The second-order valence-corrected chi connectivity index (χ2v) is 8.11. The summed E-state index contributed by atoms with van der Waals surface area (Å²) >= 11 is 0. The SMILES string of the molecule is O=C(O)C(F)(F)F.O=C(O)C(F)(F)F.c1cncc(N2CCOCC3(CN(Cc4ccco4)CCO3)C2)c1. The number of hydrogen-bond acceptors (Lipinski definition) is 8. The smallest absolute Gasteiger partial charge is 0.475 e. The Morgan fingerprint density at radius 2 is 1.63 bits per heavy atom. The van der Waals surface area contributed by atoms with E-state index in [2.05, 4.69) is 20.9 Å². The minimum atomic E-state index is -5.08. The lowest BCUT2D eigenvalue weighted by Gasteiger charge is -2.43. The Kier molecular flexibility index (Phi) is 10.9. The monoisotopic (exact) mass is 557 g/mol. The van der Waals surface area contributed by atoms with Gasteiger partial charge < -0.3 is 29.0 Å². The van der Waals surface area contributed by atoms with Gasteiger partial charge in [0.15, 0.2) is 0 Å². The second-order valence-electron chi connectivity index (χ2n) is 8.11. The van der Waals surface area contributed by atoms with Crippen LogP contribution in [0.2, 0.25) is 0 Å². The van der Waals surface area contributed by atoms with Crippen molar-refractivity contribution in [2.45, 2.75) is 24.5 Å². The molecule has 2 aromatic rings. The van der Waals surface area contributed by atoms with Crippen LogP contribution >= 0.6 is 0 Å². The minimum Gasteiger partial charge on any atom is -0.475 e. The largest absolute Gasteiger partial charge is 0.490 e. The third kappa shape index (κ3) is 10.2. The Bertz CT molecular complexity index is 981. The number of halogens is 6. The van der Waals surface area contributed by atoms with Crippen LogP contribution in [0.25, 0.3) is 0 Å². The molecule has 0 amide bonds. The molecule has 10 nitrogen and oxygen atoms in total. The summed E-state index contributed by atoms with van der Waals surface area (Å²) in [5.41, 5.74) is 0.811. The highest BCUT2D eigenvalue weighted by atomic mass is 19.4. The molecule has 0 aromatic carbocycles. The van der Waals surface area contributed by atoms with Gasteiger partial charge in [0.05, 0.1) is 51.1 Å². The van der Waals surface area contributed by atoms with Crippen molar-refractivity contribution in [2.75, 3.05) is 50.9 Å². The van der Waals surface area contributed by atoms with E-state index in [1.54, 1.807) is 12.5 Å². The number of anilines is 1. The highest BCUT2D eigenvalue weighted by Crippen LogP contribution is 2.26. The fourth-order valence-electron chi connectivity index (χ4n) is 3.53. The van der Waals surface area contributed by atoms with E-state index in [-0.39, 0.29) is 5.60 Å². The van der Waals surface area contributed by atoms with Crippen molar-refractivity contribution in [3.05, 3.63) is 48.7 Å². The zero-order valence-corrected chi connectivity index (χ0v) is 19.7. The van der Waals surface area contributed by atoms with E-state index in [1.165, 1.54) is 0 Å². The Morgan fingerprint density at radius 3 is 2.16 bits per heavy atom. The van der Waals surface area contributed by atoms with Gasteiger partial charge in [0.25, 0.3) is 0 Å². The molecule has 38 heavy (non-hydrogen) atoms. The number of furan rings is 1. The van der Waals surface area contributed by atoms with E-state index in [9.17, 15) is 26.3 Å². The number of ether oxygens (including phenoxy) is 2. The molecule has 1 spiro atoms. The zero-order valence-electron chi connectivity index (χ0n) is 19.7. The normalized spacial score (nSPS) is 20.4. The van der Waals surface area contributed by atoms with E-state index in [0.29, 0.717) is 19.8 Å². The summed E-state index contributed by atoms with van der Waals surface area (Å²) in [4.78, 5) is 26.7. The number of hydrogen-bond donors (Lipinski definition) is 2. The van der Waals surface area contributed by atoms with Gasteiger partial charge in [-0.3, -0.25) is 9.88 Å². The van der Waals surface area contributed by atoms with Gasteiger partial charge in [-0.1, -0.05) is 0 Å². The minimum absolute atomic E-state index is 0.308. The molecule has 212 valence electrons. The number of morpholine rings is 1. The van der Waals surface area contributed by atoms with Gasteiger partial charge in [0.1, 0.15) is 11.4 Å². The molecule has 2 saturated heterocycles. The molecule has 2 fully saturated rings. The topological polar surface area (TPSA) is 126 Å². The van der Waals surface area contributed by atoms with Gasteiger partial charge in [0, 0.05) is 25.8 Å². The van der Waals surface area contributed by atoms with Crippen LogP contribution < -0.4 is 4.90 Å². The first-order chi connectivity index (χ1) is 17.7. The highest BCUT2D eigenvalue weighted by molar-refractivity contribution is 5.73. The van der Waals surface area contributed by atoms with Crippen LogP contribution in [-0.2, 0) is 25.6 Å². The summed E-state index contributed by atoms with van der Waals surface area (Å²) < 4.78 is 81.1. The average Bonchev–Trinajstić information content (AvgIpc) is 3.26. The lowest BCUT2D eigenvalue weighted by molar-refractivity contribution is -0.193. The lowest BCUT2D eigenvalue weighted by atomic mass is 10.0. The van der Waals surface area contributed by atoms with Crippen molar-refractivity contribution in [3.8, 4) is 0 Å². The molecule has 0 bridgehead atoms. The number of aromatic nitrogens is 1. The molecule has 0 radical (unpaired) electrons. The molecule has 2 N–H and O–H groups in total. The molecule has 1 unspecified atom stereocenters. The summed E-state index contributed by atoms with van der Waals surface area (Å²) in [5.74, 6) is -4.52. The van der Waals surface area contributed by atoms with Crippen LogP contribution in [-0.4, -0.2) is 96.0 Å². The van der Waals surface area contributed by atoms with Crippen molar-refractivity contribution in [1.29, 1.82) is 0 Å². The van der Waals surface area contributed by atoms with Crippen molar-refractivity contribution >= 4 is 17.6 Å². The number of alkyl halides is 6. The molecular weight excluding hydrogens is 532 g/mol. The molecule has 2 aliphatic rings. The van der Waals surface area contributed by atoms with E-state index in [4.69, 9.17) is 33.7 Å². The number of nitrogens with zero attached hydrogens (tertiary/aromatic N) is 3. The molecule has 4 heterocycles. The maximum absolute atomic E-state index is 10.6. The number of aliphatic carboxylic acids is 2. The first-order valence-corrected chi connectivity index (χ1v) is 10.9. The van der Waals surface area contributed by atoms with Gasteiger partial charge in [-0.15, -0.1) is 0 Å². The van der Waals surface area contributed by atoms with Crippen molar-refractivity contribution in [1.82, 2.24) is 9.88 Å². The fourth-order valence-corrected chi connectivity index (χ4v) is 3.53. The van der Waals surface area contributed by atoms with Crippen molar-refractivity contribution < 1.29 is 60.0 Å². The molecule has 2 aromatic heterocycles. The van der Waals surface area contributed by atoms with E-state index < -0.39 is 24.3 Å². The number of rotatable bonds is 3. The van der Waals surface area contributed by atoms with Gasteiger partial charge >= 0.3 is 24.3 Å². The maximum Gasteiger partial charge on any atom is 0.490 e. The van der Waals surface area contributed by atoms with Crippen molar-refractivity contribution in [2.24, 2.45) is 0 Å². The maximum atomic E-state index is 10.6. The summed E-state index contributed by atoms with van der Waals surface area (Å²) in [7, 11) is 0. The fraction of sp³-hybridized carbons (Fsp3) is 0.500. The highest BCUT2D eigenvalue weighted by Gasteiger charge is 2.41. The zero-order chi connectivity index (χ0) is 28.4. The average molecular weight is 557 g/mol. The first-order valence-electron chi connectivity index (χ1n) is 10.9. The number of carbonyl (C=O) groups is 2. The molecule has 1 atom stereocenters. The summed E-state index contributed by atoms with van der Waals surface area (Å²) in [6.45, 7) is 6.27.